The standard InChI is InChI=1S/C32H32N6O8/c1-32(22-14-12-21(13-15-22)27(33)34)30(45)37(31(46)38(32)17-19-8-4-2-5-9-19)18-24(39)35-23(16-25(40)41)28(42)36-26(29(43)44)20-10-6-3-7-11-20/h2-15,23,26H,16-18H2,1H3,(H3,33,34)(H,35,39)(H,36,42)(H,40,41)(H,43,44)/t23-,26-,32?/m0/s1. The van der Waals surface area contributed by atoms with Crippen LogP contribution in [-0.4, -0.2) is 74.1 Å². The van der Waals surface area contributed by atoms with Crippen molar-refractivity contribution in [3.8, 4) is 0 Å². The number of imide groups is 1. The largest absolute Gasteiger partial charge is 0.481 e. The van der Waals surface area contributed by atoms with Crippen LogP contribution in [0.2, 0.25) is 0 Å². The second-order valence-corrected chi connectivity index (χ2v) is 10.7. The third kappa shape index (κ3) is 7.01. The quantitative estimate of drug-likeness (QED) is 0.0916. The molecule has 3 aromatic carbocycles. The van der Waals surface area contributed by atoms with E-state index in [1.54, 1.807) is 60.7 Å². The maximum Gasteiger partial charge on any atom is 0.330 e. The van der Waals surface area contributed by atoms with Gasteiger partial charge >= 0.3 is 18.0 Å². The average molecular weight is 629 g/mol. The lowest BCUT2D eigenvalue weighted by molar-refractivity contribution is -0.144. The van der Waals surface area contributed by atoms with E-state index in [1.807, 2.05) is 0 Å². The molecule has 4 rings (SSSR count). The third-order valence-electron chi connectivity index (χ3n) is 7.60. The van der Waals surface area contributed by atoms with Gasteiger partial charge in [0.1, 0.15) is 24.0 Å². The van der Waals surface area contributed by atoms with Crippen LogP contribution in [0.15, 0.2) is 84.9 Å². The van der Waals surface area contributed by atoms with Gasteiger partial charge in [0.15, 0.2) is 6.04 Å². The summed E-state index contributed by atoms with van der Waals surface area (Å²) in [7, 11) is 0. The maximum atomic E-state index is 13.9. The molecule has 1 aliphatic heterocycles. The summed E-state index contributed by atoms with van der Waals surface area (Å²) in [6.45, 7) is 0.663. The fraction of sp³-hybridized carbons (Fsp3) is 0.219. The molecule has 1 fully saturated rings. The highest BCUT2D eigenvalue weighted by atomic mass is 16.4. The van der Waals surface area contributed by atoms with E-state index < -0.39 is 66.3 Å². The fourth-order valence-electron chi connectivity index (χ4n) is 5.13. The number of amidine groups is 1. The first-order valence-corrected chi connectivity index (χ1v) is 14.0. The Morgan fingerprint density at radius 3 is 2.02 bits per heavy atom. The van der Waals surface area contributed by atoms with Crippen molar-refractivity contribution in [1.29, 1.82) is 5.41 Å². The van der Waals surface area contributed by atoms with Crippen LogP contribution in [0.4, 0.5) is 4.79 Å². The molecule has 0 aromatic heterocycles. The van der Waals surface area contributed by atoms with Gasteiger partial charge in [-0.05, 0) is 23.6 Å². The number of hydrogen-bond donors (Lipinski definition) is 6. The van der Waals surface area contributed by atoms with Crippen molar-refractivity contribution in [3.05, 3.63) is 107 Å². The van der Waals surface area contributed by atoms with Gasteiger partial charge in [-0.15, -0.1) is 0 Å². The number of nitrogens with one attached hydrogen (secondary N) is 3. The molecular weight excluding hydrogens is 596 g/mol. The van der Waals surface area contributed by atoms with Crippen molar-refractivity contribution in [1.82, 2.24) is 20.4 Å². The summed E-state index contributed by atoms with van der Waals surface area (Å²) in [6.07, 6.45) is -0.902. The Morgan fingerprint density at radius 1 is 0.891 bits per heavy atom. The van der Waals surface area contributed by atoms with E-state index in [2.05, 4.69) is 10.6 Å². The molecule has 3 atom stereocenters. The summed E-state index contributed by atoms with van der Waals surface area (Å²) in [5.74, 6) is -5.94. The normalized spacial score (nSPS) is 17.2. The van der Waals surface area contributed by atoms with Crippen molar-refractivity contribution in [2.75, 3.05) is 6.54 Å². The Balaban J connectivity index is 1.58. The predicted molar refractivity (Wildman–Crippen MR) is 163 cm³/mol. The molecule has 14 nitrogen and oxygen atoms in total. The van der Waals surface area contributed by atoms with Gasteiger partial charge in [0, 0.05) is 12.1 Å². The van der Waals surface area contributed by atoms with E-state index in [-0.39, 0.29) is 17.9 Å². The van der Waals surface area contributed by atoms with Crippen LogP contribution < -0.4 is 16.4 Å². The number of rotatable bonds is 13. The SMILES string of the molecule is CC1(c2ccc(C(=N)N)cc2)C(=O)N(CC(=O)N[C@@H](CC(=O)O)C(=O)N[C@H](C(=O)O)c2ccccc2)C(=O)N1Cc1ccccc1. The van der Waals surface area contributed by atoms with Gasteiger partial charge in [-0.1, -0.05) is 84.9 Å². The van der Waals surface area contributed by atoms with E-state index in [0.29, 0.717) is 21.6 Å². The Morgan fingerprint density at radius 2 is 1.48 bits per heavy atom. The van der Waals surface area contributed by atoms with E-state index in [4.69, 9.17) is 11.1 Å². The van der Waals surface area contributed by atoms with Gasteiger partial charge < -0.3 is 31.5 Å². The van der Waals surface area contributed by atoms with Gasteiger partial charge in [-0.2, -0.15) is 0 Å². The molecule has 14 heteroatoms. The number of hydrogen-bond acceptors (Lipinski definition) is 7. The molecular formula is C32H32N6O8. The highest BCUT2D eigenvalue weighted by Crippen LogP contribution is 2.38. The van der Waals surface area contributed by atoms with E-state index in [1.165, 1.54) is 36.1 Å². The summed E-state index contributed by atoms with van der Waals surface area (Å²) in [5, 5.41) is 31.2. The molecule has 5 amide bonds. The monoisotopic (exact) mass is 628 g/mol. The first-order chi connectivity index (χ1) is 21.8. The molecule has 1 unspecified atom stereocenters. The first kappa shape index (κ1) is 32.9. The number of carboxylic acid groups (broad SMARTS) is 2. The molecule has 0 bridgehead atoms. The molecule has 238 valence electrons. The van der Waals surface area contributed by atoms with Crippen LogP contribution in [0, 0.1) is 5.41 Å². The van der Waals surface area contributed by atoms with Crippen LogP contribution in [0.25, 0.3) is 0 Å². The number of amides is 5. The highest BCUT2D eigenvalue weighted by Gasteiger charge is 2.55. The van der Waals surface area contributed by atoms with Gasteiger partial charge in [0.25, 0.3) is 5.91 Å². The fourth-order valence-corrected chi connectivity index (χ4v) is 5.13. The van der Waals surface area contributed by atoms with Crippen molar-refractivity contribution in [2.45, 2.75) is 37.5 Å². The molecule has 1 heterocycles. The Kier molecular flexibility index (Phi) is 9.80. The summed E-state index contributed by atoms with van der Waals surface area (Å²) in [5.41, 5.74) is 5.68. The number of nitrogens with zero attached hydrogens (tertiary/aromatic N) is 2. The van der Waals surface area contributed by atoms with Crippen LogP contribution >= 0.6 is 0 Å². The summed E-state index contributed by atoms with van der Waals surface area (Å²) in [6, 6.07) is 18.6. The van der Waals surface area contributed by atoms with Crippen LogP contribution in [0.1, 0.15) is 41.6 Å². The molecule has 0 saturated carbocycles. The molecule has 46 heavy (non-hydrogen) atoms. The summed E-state index contributed by atoms with van der Waals surface area (Å²) >= 11 is 0. The lowest BCUT2D eigenvalue weighted by atomic mass is 9.89. The number of carboxylic acids is 2. The smallest absolute Gasteiger partial charge is 0.330 e. The van der Waals surface area contributed by atoms with Gasteiger partial charge in [0.2, 0.25) is 11.8 Å². The summed E-state index contributed by atoms with van der Waals surface area (Å²) < 4.78 is 0. The molecule has 3 aromatic rings. The molecule has 1 aliphatic rings. The van der Waals surface area contributed by atoms with Crippen LogP contribution in [-0.2, 0) is 36.1 Å². The summed E-state index contributed by atoms with van der Waals surface area (Å²) in [4.78, 5) is 79.4. The second-order valence-electron chi connectivity index (χ2n) is 10.7. The van der Waals surface area contributed by atoms with Crippen molar-refractivity contribution >= 4 is 41.5 Å². The zero-order valence-corrected chi connectivity index (χ0v) is 24.7. The minimum atomic E-state index is -1.73. The molecule has 0 aliphatic carbocycles. The molecule has 1 saturated heterocycles. The molecule has 0 spiro atoms. The molecule has 7 N–H and O–H groups in total. The van der Waals surface area contributed by atoms with E-state index >= 15 is 0 Å². The Labute approximate surface area is 263 Å². The lowest BCUT2D eigenvalue weighted by Crippen LogP contribution is -2.52. The third-order valence-corrected chi connectivity index (χ3v) is 7.60. The molecule has 0 radical (unpaired) electrons. The number of aliphatic carboxylic acids is 2. The van der Waals surface area contributed by atoms with Crippen molar-refractivity contribution < 1.29 is 39.0 Å². The lowest BCUT2D eigenvalue weighted by Gasteiger charge is -2.32. The van der Waals surface area contributed by atoms with Crippen LogP contribution in [0.5, 0.6) is 0 Å². The number of urea groups is 1. The average Bonchev–Trinajstić information content (AvgIpc) is 3.20. The highest BCUT2D eigenvalue weighted by molar-refractivity contribution is 6.09. The van der Waals surface area contributed by atoms with E-state index in [0.717, 1.165) is 0 Å². The van der Waals surface area contributed by atoms with E-state index in [9.17, 15) is 39.0 Å². The van der Waals surface area contributed by atoms with Crippen molar-refractivity contribution in [3.63, 3.8) is 0 Å². The zero-order valence-electron chi connectivity index (χ0n) is 24.7. The Hall–Kier alpha value is -6.05. The first-order valence-electron chi connectivity index (χ1n) is 14.0. The topological polar surface area (TPSA) is 223 Å². The number of benzene rings is 3. The van der Waals surface area contributed by atoms with Crippen molar-refractivity contribution in [2.24, 2.45) is 5.73 Å². The second kappa shape index (κ2) is 13.7. The Bertz CT molecular complexity index is 1660. The minimum Gasteiger partial charge on any atom is -0.481 e. The van der Waals surface area contributed by atoms with Gasteiger partial charge in [0.05, 0.1) is 6.42 Å². The maximum absolute atomic E-state index is 13.9. The van der Waals surface area contributed by atoms with Gasteiger partial charge in [-0.25, -0.2) is 9.59 Å². The number of nitrogens with two attached hydrogens (primary N) is 1. The van der Waals surface area contributed by atoms with Gasteiger partial charge in [-0.3, -0.25) is 29.5 Å². The van der Waals surface area contributed by atoms with Crippen LogP contribution in [0.3, 0.4) is 0 Å². The number of nitrogen functional groups attached to an aromatic ring is 1. The predicted octanol–water partition coefficient (Wildman–Crippen LogP) is 1.55. The number of carbonyl (C=O) groups is 6. The minimum absolute atomic E-state index is 0.00536. The zero-order chi connectivity index (χ0) is 33.6. The number of carbonyl (C=O) groups excluding carboxylic acids is 4.